The van der Waals surface area contributed by atoms with E-state index in [4.69, 9.17) is 19.4 Å². The van der Waals surface area contributed by atoms with Gasteiger partial charge in [0, 0.05) is 30.0 Å². The molecule has 0 spiro atoms. The maximum absolute atomic E-state index is 6.22. The summed E-state index contributed by atoms with van der Waals surface area (Å²) in [4.78, 5) is 12.6. The number of fused-ring (bicyclic) bond motifs is 1. The van der Waals surface area contributed by atoms with E-state index in [9.17, 15) is 0 Å². The molecule has 1 aromatic carbocycles. The minimum absolute atomic E-state index is 0.476. The van der Waals surface area contributed by atoms with E-state index in [2.05, 4.69) is 22.3 Å². The third kappa shape index (κ3) is 5.68. The fraction of sp³-hybridized carbons (Fsp3) is 0.692. The zero-order valence-corrected chi connectivity index (χ0v) is 20.8. The number of hydrogen-bond acceptors (Lipinski definition) is 7. The van der Waals surface area contributed by atoms with E-state index in [1.54, 1.807) is 7.11 Å². The van der Waals surface area contributed by atoms with Gasteiger partial charge in [-0.3, -0.25) is 0 Å². The number of anilines is 1. The summed E-state index contributed by atoms with van der Waals surface area (Å²) >= 11 is 2.05. The Balaban J connectivity index is 1.39. The molecule has 0 amide bonds. The van der Waals surface area contributed by atoms with Gasteiger partial charge in [0.2, 0.25) is 0 Å². The largest absolute Gasteiger partial charge is 0.493 e. The number of nitrogens with one attached hydrogen (secondary N) is 1. The molecule has 0 radical (unpaired) electrons. The molecule has 1 N–H and O–H groups in total. The minimum Gasteiger partial charge on any atom is -0.493 e. The molecular weight excluding hydrogens is 432 g/mol. The first kappa shape index (κ1) is 23.0. The second kappa shape index (κ2) is 11.1. The third-order valence-electron chi connectivity index (χ3n) is 7.36. The molecule has 180 valence electrons. The van der Waals surface area contributed by atoms with Gasteiger partial charge < -0.3 is 19.7 Å². The van der Waals surface area contributed by atoms with Gasteiger partial charge in [-0.2, -0.15) is 11.8 Å². The predicted molar refractivity (Wildman–Crippen MR) is 137 cm³/mol. The number of ether oxygens (including phenoxy) is 2. The van der Waals surface area contributed by atoms with Crippen molar-refractivity contribution in [3.05, 3.63) is 18.0 Å². The lowest BCUT2D eigenvalue weighted by molar-refractivity contribution is 0.254. The lowest BCUT2D eigenvalue weighted by atomic mass is 10.1. The minimum atomic E-state index is 0.476. The van der Waals surface area contributed by atoms with Crippen LogP contribution < -0.4 is 14.8 Å². The summed E-state index contributed by atoms with van der Waals surface area (Å²) < 4.78 is 12.0. The highest BCUT2D eigenvalue weighted by atomic mass is 32.2. The molecule has 5 rings (SSSR count). The van der Waals surface area contributed by atoms with Crippen molar-refractivity contribution in [2.75, 3.05) is 50.2 Å². The average Bonchev–Trinajstić information content (AvgIpc) is 3.56. The van der Waals surface area contributed by atoms with Crippen molar-refractivity contribution in [3.8, 4) is 11.5 Å². The van der Waals surface area contributed by atoms with E-state index in [-0.39, 0.29) is 0 Å². The van der Waals surface area contributed by atoms with Gasteiger partial charge in [-0.05, 0) is 75.6 Å². The van der Waals surface area contributed by atoms with Gasteiger partial charge in [0.05, 0.1) is 19.2 Å². The molecule has 3 aliphatic rings. The van der Waals surface area contributed by atoms with E-state index in [1.165, 1.54) is 76.0 Å². The Morgan fingerprint density at radius 1 is 1.00 bits per heavy atom. The summed E-state index contributed by atoms with van der Waals surface area (Å²) in [6.07, 6.45) is 11.0. The van der Waals surface area contributed by atoms with Crippen LogP contribution >= 0.6 is 11.8 Å². The van der Waals surface area contributed by atoms with Crippen LogP contribution in [0.5, 0.6) is 11.5 Å². The number of aromatic nitrogens is 2. The van der Waals surface area contributed by atoms with Crippen molar-refractivity contribution in [2.45, 2.75) is 69.7 Å². The van der Waals surface area contributed by atoms with Crippen LogP contribution in [0.3, 0.4) is 0 Å². The Morgan fingerprint density at radius 3 is 2.55 bits per heavy atom. The Hall–Kier alpha value is -1.73. The molecule has 6 nitrogen and oxygen atoms in total. The monoisotopic (exact) mass is 470 g/mol. The molecule has 0 bridgehead atoms. The quantitative estimate of drug-likeness (QED) is 0.488. The molecule has 0 unspecified atom stereocenters. The maximum atomic E-state index is 6.22. The van der Waals surface area contributed by atoms with E-state index >= 15 is 0 Å². The first-order chi connectivity index (χ1) is 16.3. The first-order valence-corrected chi connectivity index (χ1v) is 14.0. The van der Waals surface area contributed by atoms with Crippen LogP contribution in [0, 0.1) is 0 Å². The number of likely N-dealkylation sites (tertiary alicyclic amines) is 1. The molecule has 7 heteroatoms. The molecule has 0 atom stereocenters. The highest BCUT2D eigenvalue weighted by Gasteiger charge is 2.24. The fourth-order valence-electron chi connectivity index (χ4n) is 5.42. The smallest absolute Gasteiger partial charge is 0.163 e. The van der Waals surface area contributed by atoms with Gasteiger partial charge >= 0.3 is 0 Å². The van der Waals surface area contributed by atoms with Crippen molar-refractivity contribution < 1.29 is 9.47 Å². The predicted octanol–water partition coefficient (Wildman–Crippen LogP) is 5.47. The van der Waals surface area contributed by atoms with Crippen molar-refractivity contribution in [3.63, 3.8) is 0 Å². The van der Waals surface area contributed by atoms with Crippen molar-refractivity contribution >= 4 is 28.5 Å². The van der Waals surface area contributed by atoms with Crippen LogP contribution in [0.1, 0.15) is 69.5 Å². The van der Waals surface area contributed by atoms with Gasteiger partial charge in [-0.15, -0.1) is 0 Å². The van der Waals surface area contributed by atoms with E-state index in [0.29, 0.717) is 18.6 Å². The van der Waals surface area contributed by atoms with Crippen LogP contribution in [0.2, 0.25) is 0 Å². The van der Waals surface area contributed by atoms with Gasteiger partial charge in [0.25, 0.3) is 0 Å². The number of hydrogen-bond donors (Lipinski definition) is 1. The van der Waals surface area contributed by atoms with E-state index in [1.807, 2.05) is 11.8 Å². The summed E-state index contributed by atoms with van der Waals surface area (Å²) in [5.41, 5.74) is 0.968. The zero-order valence-electron chi connectivity index (χ0n) is 20.0. The lowest BCUT2D eigenvalue weighted by Crippen LogP contribution is -2.25. The molecule has 33 heavy (non-hydrogen) atoms. The van der Waals surface area contributed by atoms with Crippen LogP contribution in [-0.4, -0.2) is 65.8 Å². The highest BCUT2D eigenvalue weighted by molar-refractivity contribution is 7.99. The molecule has 3 fully saturated rings. The Morgan fingerprint density at radius 2 is 1.79 bits per heavy atom. The standard InChI is InChI=1S/C26H38N4O2S/c1-31-23-17-21-22(18-24(23)32-14-6-13-30-11-4-5-12-30)28-25(19-7-2-3-8-19)29-26(21)27-20-9-15-33-16-10-20/h17-20H,2-16H2,1H3,(H,27,28,29). The van der Waals surface area contributed by atoms with E-state index < -0.39 is 0 Å². The Labute approximate surface area is 202 Å². The molecule has 2 aliphatic heterocycles. The summed E-state index contributed by atoms with van der Waals surface area (Å²) in [5, 5.41) is 4.81. The lowest BCUT2D eigenvalue weighted by Gasteiger charge is -2.24. The van der Waals surface area contributed by atoms with Crippen LogP contribution in [0.15, 0.2) is 12.1 Å². The molecule has 1 aliphatic carbocycles. The summed E-state index contributed by atoms with van der Waals surface area (Å²) in [6.45, 7) is 4.27. The topological polar surface area (TPSA) is 59.5 Å². The van der Waals surface area contributed by atoms with Crippen molar-refractivity contribution in [2.24, 2.45) is 0 Å². The Kier molecular flexibility index (Phi) is 7.77. The second-order valence-electron chi connectivity index (χ2n) is 9.71. The third-order valence-corrected chi connectivity index (χ3v) is 8.40. The summed E-state index contributed by atoms with van der Waals surface area (Å²) in [7, 11) is 1.72. The van der Waals surface area contributed by atoms with Gasteiger partial charge in [0.15, 0.2) is 11.5 Å². The fourth-order valence-corrected chi connectivity index (χ4v) is 6.52. The molecule has 2 aromatic rings. The SMILES string of the molecule is COc1cc2c(NC3CCSCC3)nc(C3CCCC3)nc2cc1OCCCN1CCCC1. The maximum Gasteiger partial charge on any atom is 0.163 e. The van der Waals surface area contributed by atoms with Gasteiger partial charge in [-0.25, -0.2) is 9.97 Å². The number of benzene rings is 1. The second-order valence-corrected chi connectivity index (χ2v) is 10.9. The number of nitrogens with zero attached hydrogens (tertiary/aromatic N) is 3. The molecule has 3 heterocycles. The van der Waals surface area contributed by atoms with Crippen LogP contribution in [0.25, 0.3) is 10.9 Å². The normalized spacial score (nSPS) is 20.5. The van der Waals surface area contributed by atoms with Gasteiger partial charge in [0.1, 0.15) is 11.6 Å². The molecule has 1 saturated carbocycles. The Bertz CT molecular complexity index is 922. The number of thioether (sulfide) groups is 1. The molecule has 2 saturated heterocycles. The first-order valence-electron chi connectivity index (χ1n) is 12.9. The van der Waals surface area contributed by atoms with Crippen molar-refractivity contribution in [1.29, 1.82) is 0 Å². The zero-order chi connectivity index (χ0) is 22.5. The summed E-state index contributed by atoms with van der Waals surface area (Å²) in [6, 6.07) is 4.63. The molecule has 1 aromatic heterocycles. The van der Waals surface area contributed by atoms with Gasteiger partial charge in [-0.1, -0.05) is 12.8 Å². The van der Waals surface area contributed by atoms with Crippen molar-refractivity contribution in [1.82, 2.24) is 14.9 Å². The number of rotatable bonds is 9. The van der Waals surface area contributed by atoms with Crippen LogP contribution in [-0.2, 0) is 0 Å². The van der Waals surface area contributed by atoms with Crippen LogP contribution in [0.4, 0.5) is 5.82 Å². The highest BCUT2D eigenvalue weighted by Crippen LogP contribution is 2.38. The average molecular weight is 471 g/mol. The summed E-state index contributed by atoms with van der Waals surface area (Å²) in [5.74, 6) is 6.44. The molecular formula is C26H38N4O2S. The number of methoxy groups -OCH3 is 1. The van der Waals surface area contributed by atoms with E-state index in [0.717, 1.165) is 47.0 Å².